The van der Waals surface area contributed by atoms with Crippen molar-refractivity contribution < 1.29 is 14.9 Å². The van der Waals surface area contributed by atoms with E-state index >= 15 is 0 Å². The molecule has 0 fully saturated rings. The highest BCUT2D eigenvalue weighted by atomic mass is 16.5. The number of rotatable bonds is 7. The summed E-state index contributed by atoms with van der Waals surface area (Å²) in [7, 11) is 0. The van der Waals surface area contributed by atoms with E-state index in [9.17, 15) is 0 Å². The van der Waals surface area contributed by atoms with Crippen molar-refractivity contribution in [1.29, 1.82) is 0 Å². The van der Waals surface area contributed by atoms with Gasteiger partial charge in [0.2, 0.25) is 0 Å². The minimum atomic E-state index is -0.456. The third-order valence-electron chi connectivity index (χ3n) is 1.24. The van der Waals surface area contributed by atoms with E-state index in [2.05, 4.69) is 6.58 Å². The van der Waals surface area contributed by atoms with Crippen molar-refractivity contribution >= 4 is 0 Å². The molecule has 2 N–H and O–H groups in total. The molecule has 1 unspecified atom stereocenters. The van der Waals surface area contributed by atoms with Gasteiger partial charge in [-0.2, -0.15) is 0 Å². The lowest BCUT2D eigenvalue weighted by Crippen LogP contribution is -2.15. The van der Waals surface area contributed by atoms with Gasteiger partial charge in [0.1, 0.15) is 0 Å². The Morgan fingerprint density at radius 3 is 2.82 bits per heavy atom. The first kappa shape index (κ1) is 10.6. The zero-order valence-corrected chi connectivity index (χ0v) is 6.70. The molecule has 11 heavy (non-hydrogen) atoms. The van der Waals surface area contributed by atoms with Gasteiger partial charge in [-0.3, -0.25) is 0 Å². The van der Waals surface area contributed by atoms with Crippen molar-refractivity contribution in [3.8, 4) is 0 Å². The summed E-state index contributed by atoms with van der Waals surface area (Å²) < 4.78 is 4.99. The number of hydrogen-bond acceptors (Lipinski definition) is 3. The Morgan fingerprint density at radius 2 is 2.27 bits per heavy atom. The van der Waals surface area contributed by atoms with Crippen molar-refractivity contribution in [3.63, 3.8) is 0 Å². The van der Waals surface area contributed by atoms with Crippen molar-refractivity contribution in [2.45, 2.75) is 18.9 Å². The van der Waals surface area contributed by atoms with Gasteiger partial charge >= 0.3 is 0 Å². The highest BCUT2D eigenvalue weighted by molar-refractivity contribution is 4.64. The molecular weight excluding hydrogens is 144 g/mol. The standard InChI is InChI=1S/C8H16O3/c1-2-6-11-7-8(10)4-3-5-9/h2,8-10H,1,3-7H2. The first-order chi connectivity index (χ1) is 5.31. The lowest BCUT2D eigenvalue weighted by Gasteiger charge is -2.08. The summed E-state index contributed by atoms with van der Waals surface area (Å²) in [6, 6.07) is 0. The van der Waals surface area contributed by atoms with Crippen molar-refractivity contribution in [2.24, 2.45) is 0 Å². The molecule has 3 nitrogen and oxygen atoms in total. The van der Waals surface area contributed by atoms with Crippen molar-refractivity contribution in [2.75, 3.05) is 19.8 Å². The smallest absolute Gasteiger partial charge is 0.0774 e. The van der Waals surface area contributed by atoms with E-state index in [1.807, 2.05) is 0 Å². The SMILES string of the molecule is C=CCOCC(O)CCCO. The predicted octanol–water partition coefficient (Wildman–Crippen LogP) is 0.322. The molecule has 0 aliphatic heterocycles. The molecule has 66 valence electrons. The molecule has 1 atom stereocenters. The molecule has 3 heteroatoms. The van der Waals surface area contributed by atoms with Crippen LogP contribution >= 0.6 is 0 Å². The molecule has 0 aromatic rings. The molecule has 0 aliphatic rings. The van der Waals surface area contributed by atoms with Gasteiger partial charge in [0.25, 0.3) is 0 Å². The van der Waals surface area contributed by atoms with E-state index in [-0.39, 0.29) is 6.61 Å². The van der Waals surface area contributed by atoms with Crippen molar-refractivity contribution in [1.82, 2.24) is 0 Å². The van der Waals surface area contributed by atoms with Crippen LogP contribution in [0, 0.1) is 0 Å². The molecule has 0 spiro atoms. The number of aliphatic hydroxyl groups excluding tert-OH is 2. The van der Waals surface area contributed by atoms with E-state index in [4.69, 9.17) is 14.9 Å². The molecule has 0 heterocycles. The maximum atomic E-state index is 9.14. The Kier molecular flexibility index (Phi) is 7.46. The van der Waals surface area contributed by atoms with Crippen LogP contribution in [-0.4, -0.2) is 36.1 Å². The predicted molar refractivity (Wildman–Crippen MR) is 43.3 cm³/mol. The second-order valence-electron chi connectivity index (χ2n) is 2.35. The van der Waals surface area contributed by atoms with Crippen LogP contribution in [0.5, 0.6) is 0 Å². The van der Waals surface area contributed by atoms with Gasteiger partial charge in [-0.15, -0.1) is 6.58 Å². The first-order valence-electron chi connectivity index (χ1n) is 3.78. The third-order valence-corrected chi connectivity index (χ3v) is 1.24. The Morgan fingerprint density at radius 1 is 1.55 bits per heavy atom. The Balaban J connectivity index is 3.08. The molecule has 0 radical (unpaired) electrons. The third kappa shape index (κ3) is 7.52. The topological polar surface area (TPSA) is 49.7 Å². The molecule has 0 saturated carbocycles. The summed E-state index contributed by atoms with van der Waals surface area (Å²) in [5, 5.41) is 17.6. The maximum absolute atomic E-state index is 9.14. The van der Waals surface area contributed by atoms with Crippen LogP contribution in [0.2, 0.25) is 0 Å². The quantitative estimate of drug-likeness (QED) is 0.416. The average Bonchev–Trinajstić information content (AvgIpc) is 2.01. The zero-order chi connectivity index (χ0) is 8.53. The second kappa shape index (κ2) is 7.72. The van der Waals surface area contributed by atoms with Gasteiger partial charge < -0.3 is 14.9 Å². The van der Waals surface area contributed by atoms with Crippen LogP contribution in [0.4, 0.5) is 0 Å². The zero-order valence-electron chi connectivity index (χ0n) is 6.70. The Bertz CT molecular complexity index is 93.3. The first-order valence-corrected chi connectivity index (χ1v) is 3.78. The normalized spacial score (nSPS) is 12.9. The van der Waals surface area contributed by atoms with E-state index in [1.54, 1.807) is 6.08 Å². The van der Waals surface area contributed by atoms with Crippen LogP contribution in [0.3, 0.4) is 0 Å². The molecule has 0 aliphatic carbocycles. The molecule has 0 aromatic carbocycles. The Hall–Kier alpha value is -0.380. The maximum Gasteiger partial charge on any atom is 0.0774 e. The van der Waals surface area contributed by atoms with Crippen LogP contribution in [-0.2, 0) is 4.74 Å². The summed E-state index contributed by atoms with van der Waals surface area (Å²) in [5.41, 5.74) is 0. The fourth-order valence-corrected chi connectivity index (χ4v) is 0.698. The second-order valence-corrected chi connectivity index (χ2v) is 2.35. The van der Waals surface area contributed by atoms with Gasteiger partial charge in [-0.1, -0.05) is 6.08 Å². The van der Waals surface area contributed by atoms with Gasteiger partial charge in [-0.05, 0) is 12.8 Å². The monoisotopic (exact) mass is 160 g/mol. The fourth-order valence-electron chi connectivity index (χ4n) is 0.698. The minimum Gasteiger partial charge on any atom is -0.396 e. The minimum absolute atomic E-state index is 0.124. The van der Waals surface area contributed by atoms with E-state index in [0.717, 1.165) is 0 Å². The highest BCUT2D eigenvalue weighted by Gasteiger charge is 2.01. The summed E-state index contributed by atoms with van der Waals surface area (Å²) >= 11 is 0. The van der Waals surface area contributed by atoms with Gasteiger partial charge in [-0.25, -0.2) is 0 Å². The lowest BCUT2D eigenvalue weighted by molar-refractivity contribution is 0.0408. The van der Waals surface area contributed by atoms with Gasteiger partial charge in [0, 0.05) is 6.61 Å². The fraction of sp³-hybridized carbons (Fsp3) is 0.750. The molecule has 0 amide bonds. The highest BCUT2D eigenvalue weighted by Crippen LogP contribution is 1.96. The van der Waals surface area contributed by atoms with Crippen LogP contribution < -0.4 is 0 Å². The summed E-state index contributed by atoms with van der Waals surface area (Å²) in [5.74, 6) is 0. The summed E-state index contributed by atoms with van der Waals surface area (Å²) in [4.78, 5) is 0. The summed E-state index contributed by atoms with van der Waals surface area (Å²) in [6.45, 7) is 4.39. The van der Waals surface area contributed by atoms with Crippen LogP contribution in [0.1, 0.15) is 12.8 Å². The van der Waals surface area contributed by atoms with Crippen LogP contribution in [0.25, 0.3) is 0 Å². The molecule has 0 bridgehead atoms. The van der Waals surface area contributed by atoms with Crippen molar-refractivity contribution in [3.05, 3.63) is 12.7 Å². The Labute approximate surface area is 67.3 Å². The number of aliphatic hydroxyl groups is 2. The molecular formula is C8H16O3. The van der Waals surface area contributed by atoms with E-state index < -0.39 is 6.10 Å². The van der Waals surface area contributed by atoms with Gasteiger partial charge in [0.05, 0.1) is 19.3 Å². The molecule has 0 aromatic heterocycles. The lowest BCUT2D eigenvalue weighted by atomic mass is 10.2. The number of hydrogen-bond donors (Lipinski definition) is 2. The molecule has 0 rings (SSSR count). The molecule has 0 saturated heterocycles. The largest absolute Gasteiger partial charge is 0.396 e. The average molecular weight is 160 g/mol. The van der Waals surface area contributed by atoms with Crippen LogP contribution in [0.15, 0.2) is 12.7 Å². The van der Waals surface area contributed by atoms with Gasteiger partial charge in [0.15, 0.2) is 0 Å². The van der Waals surface area contributed by atoms with E-state index in [1.165, 1.54) is 0 Å². The van der Waals surface area contributed by atoms with E-state index in [0.29, 0.717) is 26.1 Å². The number of ether oxygens (including phenoxy) is 1. The summed E-state index contributed by atoms with van der Waals surface area (Å²) in [6.07, 6.45) is 2.40.